The van der Waals surface area contributed by atoms with Crippen LogP contribution in [-0.4, -0.2) is 60.7 Å². The van der Waals surface area contributed by atoms with Crippen LogP contribution in [-0.2, 0) is 4.74 Å². The number of rotatable bonds is 16. The predicted molar refractivity (Wildman–Crippen MR) is 183 cm³/mol. The summed E-state index contributed by atoms with van der Waals surface area (Å²) in [5.41, 5.74) is 3.52. The van der Waals surface area contributed by atoms with Gasteiger partial charge in [-0.15, -0.1) is 11.8 Å². The Labute approximate surface area is 284 Å². The Balaban J connectivity index is 1.55. The Bertz CT molecular complexity index is 1490. The molecule has 1 aliphatic carbocycles. The highest BCUT2D eigenvalue weighted by molar-refractivity contribution is 8.00. The molecule has 6 nitrogen and oxygen atoms in total. The van der Waals surface area contributed by atoms with Crippen molar-refractivity contribution < 1.29 is 27.8 Å². The molecule has 11 heteroatoms. The third-order valence-corrected chi connectivity index (χ3v) is 9.44. The van der Waals surface area contributed by atoms with Crippen molar-refractivity contribution in [3.8, 4) is 11.5 Å². The van der Waals surface area contributed by atoms with Gasteiger partial charge in [-0.2, -0.15) is 8.78 Å². The third-order valence-electron chi connectivity index (χ3n) is 7.76. The van der Waals surface area contributed by atoms with Gasteiger partial charge in [-0.3, -0.25) is 4.79 Å². The summed E-state index contributed by atoms with van der Waals surface area (Å²) in [5, 5.41) is 0.727. The third kappa shape index (κ3) is 9.69. The molecule has 0 bridgehead atoms. The molecule has 1 unspecified atom stereocenters. The fraction of sp³-hybridized carbons (Fsp3) is 0.400. The van der Waals surface area contributed by atoms with Crippen molar-refractivity contribution in [1.82, 2.24) is 9.80 Å². The number of amides is 1. The maximum absolute atomic E-state index is 13.2. The molecule has 4 rings (SSSR count). The molecule has 1 saturated heterocycles. The number of hydrogen-bond acceptors (Lipinski definition) is 6. The van der Waals surface area contributed by atoms with Crippen LogP contribution in [0.4, 0.5) is 8.78 Å². The van der Waals surface area contributed by atoms with Crippen LogP contribution in [0.2, 0.25) is 0 Å². The number of nitrogens with zero attached hydrogens (tertiary/aromatic N) is 2. The van der Waals surface area contributed by atoms with Gasteiger partial charge in [0.2, 0.25) is 0 Å². The lowest BCUT2D eigenvalue weighted by Gasteiger charge is -2.30. The van der Waals surface area contributed by atoms with Gasteiger partial charge in [0.05, 0.1) is 17.7 Å². The van der Waals surface area contributed by atoms with E-state index in [2.05, 4.69) is 24.6 Å². The second kappa shape index (κ2) is 16.1. The number of benzene rings is 2. The van der Waals surface area contributed by atoms with Gasteiger partial charge in [-0.25, -0.2) is 0 Å². The van der Waals surface area contributed by atoms with Crippen LogP contribution in [0.3, 0.4) is 0 Å². The van der Waals surface area contributed by atoms with Gasteiger partial charge in [0, 0.05) is 60.6 Å². The highest BCUT2D eigenvalue weighted by Crippen LogP contribution is 2.41. The molecule has 1 heterocycles. The molecule has 0 aromatic heterocycles. The summed E-state index contributed by atoms with van der Waals surface area (Å²) in [6.07, 6.45) is 2.19. The van der Waals surface area contributed by atoms with E-state index in [1.165, 1.54) is 6.07 Å². The molecule has 1 aliphatic heterocycles. The number of ether oxygens (including phenoxy) is 3. The zero-order valence-corrected chi connectivity index (χ0v) is 28.7. The topological polar surface area (TPSA) is 51.2 Å². The van der Waals surface area contributed by atoms with Crippen LogP contribution in [0.5, 0.6) is 11.5 Å². The molecule has 2 aliphatic rings. The first-order valence-corrected chi connectivity index (χ1v) is 16.8. The van der Waals surface area contributed by atoms with Crippen LogP contribution in [0, 0.1) is 5.92 Å². The van der Waals surface area contributed by atoms with Gasteiger partial charge in [0.25, 0.3) is 5.91 Å². The summed E-state index contributed by atoms with van der Waals surface area (Å²) < 4.78 is 43.5. The molecule has 0 radical (unpaired) electrons. The molecule has 2 aromatic carbocycles. The summed E-state index contributed by atoms with van der Waals surface area (Å²) in [5.74, 6) is 1.89. The number of halogens is 4. The summed E-state index contributed by atoms with van der Waals surface area (Å²) in [7, 11) is 3.44. The first kappa shape index (κ1) is 35.7. The van der Waals surface area contributed by atoms with E-state index in [0.29, 0.717) is 46.4 Å². The Morgan fingerprint density at radius 1 is 1.09 bits per heavy atom. The molecular weight excluding hydrogens is 653 g/mol. The Morgan fingerprint density at radius 3 is 2.43 bits per heavy atom. The molecule has 2 fully saturated rings. The molecule has 1 amide bonds. The number of hydrogen-bond donors (Lipinski definition) is 0. The maximum atomic E-state index is 13.2. The zero-order chi connectivity index (χ0) is 33.5. The lowest BCUT2D eigenvalue weighted by Crippen LogP contribution is -2.27. The van der Waals surface area contributed by atoms with Gasteiger partial charge >= 0.3 is 6.61 Å². The number of allylic oxidation sites excluding steroid dienone is 2. The minimum Gasteiger partial charge on any atom is -0.490 e. The lowest BCUT2D eigenvalue weighted by atomic mass is 10.00. The Kier molecular flexibility index (Phi) is 12.5. The predicted octanol–water partition coefficient (Wildman–Crippen LogP) is 9.44. The maximum Gasteiger partial charge on any atom is 0.387 e. The summed E-state index contributed by atoms with van der Waals surface area (Å²) >= 11 is 14.5. The van der Waals surface area contributed by atoms with E-state index in [9.17, 15) is 13.6 Å². The van der Waals surface area contributed by atoms with Crippen LogP contribution >= 0.6 is 35.0 Å². The van der Waals surface area contributed by atoms with E-state index in [4.69, 9.17) is 37.4 Å². The molecule has 2 aromatic rings. The summed E-state index contributed by atoms with van der Waals surface area (Å²) in [6, 6.07) is 12.2. The van der Waals surface area contributed by atoms with E-state index in [1.807, 2.05) is 18.2 Å². The normalized spacial score (nSPS) is 17.3. The van der Waals surface area contributed by atoms with Crippen molar-refractivity contribution in [3.05, 3.63) is 100 Å². The largest absolute Gasteiger partial charge is 0.490 e. The molecule has 0 N–H and O–H groups in total. The van der Waals surface area contributed by atoms with Crippen molar-refractivity contribution >= 4 is 46.6 Å². The van der Waals surface area contributed by atoms with Crippen LogP contribution in [0.15, 0.2) is 83.6 Å². The first-order chi connectivity index (χ1) is 21.8. The lowest BCUT2D eigenvalue weighted by molar-refractivity contribution is -0.0515. The molecular formula is C35H40Cl2F2N2O4S. The van der Waals surface area contributed by atoms with Crippen LogP contribution in [0.25, 0.3) is 5.70 Å². The van der Waals surface area contributed by atoms with Gasteiger partial charge in [-0.05, 0) is 66.6 Å². The minimum atomic E-state index is -2.99. The van der Waals surface area contributed by atoms with Gasteiger partial charge < -0.3 is 24.0 Å². The van der Waals surface area contributed by atoms with E-state index >= 15 is 0 Å². The van der Waals surface area contributed by atoms with E-state index in [-0.39, 0.29) is 34.2 Å². The second-order valence-electron chi connectivity index (χ2n) is 11.6. The average molecular weight is 694 g/mol. The SMILES string of the molecule is C=C(CC1SCCN1C(=C)c1cccc(C(=O)N(C)C)c1)O[C@@H](C/C(C(=C)Cl)=C(/C)Cl)c1ccc(OC(F)F)c(OCC2CC2)c1. The van der Waals surface area contributed by atoms with E-state index in [0.717, 1.165) is 36.4 Å². The highest BCUT2D eigenvalue weighted by Gasteiger charge is 2.30. The van der Waals surface area contributed by atoms with Crippen LogP contribution < -0.4 is 9.47 Å². The zero-order valence-electron chi connectivity index (χ0n) is 26.4. The highest BCUT2D eigenvalue weighted by atomic mass is 35.5. The fourth-order valence-corrected chi connectivity index (χ4v) is 6.82. The number of carbonyl (C=O) groups excluding carboxylic acids is 1. The quantitative estimate of drug-likeness (QED) is 0.129. The van der Waals surface area contributed by atoms with Crippen LogP contribution in [0.1, 0.15) is 60.2 Å². The Hall–Kier alpha value is -3.14. The first-order valence-electron chi connectivity index (χ1n) is 15.0. The smallest absolute Gasteiger partial charge is 0.387 e. The number of carbonyl (C=O) groups is 1. The molecule has 0 spiro atoms. The van der Waals surface area contributed by atoms with E-state index < -0.39 is 12.7 Å². The molecule has 46 heavy (non-hydrogen) atoms. The molecule has 248 valence electrons. The number of alkyl halides is 2. The van der Waals surface area contributed by atoms with Crippen molar-refractivity contribution in [1.29, 1.82) is 0 Å². The standard InChI is InChI=1S/C35H40Cl2F2N2O4S/c1-21(16-33-41(14-15-46-33)24(4)26-8-7-9-28(17-26)34(42)40(5)6)44-31(19-29(22(2)36)23(3)37)27-12-13-30(45-35(38)39)32(18-27)43-20-25-10-11-25/h7-9,12-13,17-18,25,31,33,35H,1-2,4,10-11,14-16,19-20H2,3,5-6H3/b29-23+/t31-,33?/m0/s1. The average Bonchev–Trinajstić information content (AvgIpc) is 3.73. The number of thioether (sulfide) groups is 1. The van der Waals surface area contributed by atoms with Crippen molar-refractivity contribution in [2.75, 3.05) is 33.0 Å². The summed E-state index contributed by atoms with van der Waals surface area (Å²) in [4.78, 5) is 16.3. The second-order valence-corrected chi connectivity index (χ2v) is 13.9. The molecule has 2 atom stereocenters. The molecule has 1 saturated carbocycles. The van der Waals surface area contributed by atoms with E-state index in [1.54, 1.807) is 55.9 Å². The summed E-state index contributed by atoms with van der Waals surface area (Å²) in [6.45, 7) is 12.4. The minimum absolute atomic E-state index is 0.0131. The van der Waals surface area contributed by atoms with Crippen molar-refractivity contribution in [3.63, 3.8) is 0 Å². The van der Waals surface area contributed by atoms with Crippen molar-refractivity contribution in [2.24, 2.45) is 5.92 Å². The monoisotopic (exact) mass is 692 g/mol. The van der Waals surface area contributed by atoms with Gasteiger partial charge in [0.1, 0.15) is 6.10 Å². The van der Waals surface area contributed by atoms with Gasteiger partial charge in [-0.1, -0.05) is 61.1 Å². The fourth-order valence-electron chi connectivity index (χ4n) is 5.07. The Morgan fingerprint density at radius 2 is 1.80 bits per heavy atom. The van der Waals surface area contributed by atoms with Crippen molar-refractivity contribution in [2.45, 2.75) is 50.7 Å². The van der Waals surface area contributed by atoms with Gasteiger partial charge in [0.15, 0.2) is 11.5 Å².